The van der Waals surface area contributed by atoms with Gasteiger partial charge in [0.1, 0.15) is 24.0 Å². The fourth-order valence-electron chi connectivity index (χ4n) is 4.50. The first-order chi connectivity index (χ1) is 15.2. The number of carbonyl (C=O) groups is 3. The van der Waals surface area contributed by atoms with Gasteiger partial charge in [-0.3, -0.25) is 9.59 Å². The first kappa shape index (κ1) is 20.7. The number of benzene rings is 2. The Morgan fingerprint density at radius 2 is 1.81 bits per heavy atom. The van der Waals surface area contributed by atoms with E-state index < -0.39 is 23.7 Å². The van der Waals surface area contributed by atoms with E-state index in [0.29, 0.717) is 18.6 Å². The molecule has 2 aliphatic heterocycles. The number of carbonyl (C=O) groups excluding carboxylic acids is 3. The molecule has 0 unspecified atom stereocenters. The number of esters is 1. The molecular formula is C25H25NO6. The van der Waals surface area contributed by atoms with Crippen molar-refractivity contribution in [2.75, 3.05) is 0 Å². The van der Waals surface area contributed by atoms with Gasteiger partial charge < -0.3 is 14.2 Å². The van der Waals surface area contributed by atoms with Crippen LogP contribution >= 0.6 is 0 Å². The Hall–Kier alpha value is -3.19. The van der Waals surface area contributed by atoms with E-state index in [1.54, 1.807) is 32.9 Å². The minimum atomic E-state index is -0.774. The van der Waals surface area contributed by atoms with E-state index in [4.69, 9.17) is 14.2 Å². The lowest BCUT2D eigenvalue weighted by Gasteiger charge is -2.29. The second kappa shape index (κ2) is 7.45. The molecule has 1 saturated heterocycles. The number of amides is 2. The van der Waals surface area contributed by atoms with Gasteiger partial charge in [-0.25, -0.2) is 9.69 Å². The second-order valence-corrected chi connectivity index (χ2v) is 9.55. The third-order valence-corrected chi connectivity index (χ3v) is 6.23. The fraction of sp³-hybridized carbons (Fsp3) is 0.400. The highest BCUT2D eigenvalue weighted by molar-refractivity contribution is 5.97. The average molecular weight is 435 g/mol. The molecule has 0 spiro atoms. The van der Waals surface area contributed by atoms with E-state index in [2.05, 4.69) is 0 Å². The molecule has 0 aromatic heterocycles. The lowest BCUT2D eigenvalue weighted by Crippen LogP contribution is -2.44. The summed E-state index contributed by atoms with van der Waals surface area (Å²) in [4.78, 5) is 39.2. The number of imide groups is 1. The maximum atomic E-state index is 13.3. The molecule has 2 amide bonds. The van der Waals surface area contributed by atoms with E-state index in [-0.39, 0.29) is 24.6 Å². The summed E-state index contributed by atoms with van der Waals surface area (Å²) in [5, 5.41) is 0. The van der Waals surface area contributed by atoms with Crippen LogP contribution in [0.25, 0.3) is 0 Å². The SMILES string of the molecule is CC(C)(C)C(=O)Oc1ccc2c(c1)CO[C@@H](C(=O)N1C(=O)O[C@H]3Cc4ccccc4[C@H]31)C2. The maximum Gasteiger partial charge on any atom is 0.417 e. The molecule has 2 aromatic rings. The monoisotopic (exact) mass is 435 g/mol. The molecular weight excluding hydrogens is 410 g/mol. The van der Waals surface area contributed by atoms with Crippen LogP contribution < -0.4 is 4.74 Å². The van der Waals surface area contributed by atoms with Crippen LogP contribution in [0.3, 0.4) is 0 Å². The first-order valence-corrected chi connectivity index (χ1v) is 10.8. The van der Waals surface area contributed by atoms with E-state index in [1.807, 2.05) is 30.3 Å². The molecule has 32 heavy (non-hydrogen) atoms. The van der Waals surface area contributed by atoms with Crippen LogP contribution in [0.5, 0.6) is 5.75 Å². The lowest BCUT2D eigenvalue weighted by atomic mass is 9.96. The van der Waals surface area contributed by atoms with Crippen molar-refractivity contribution in [2.45, 2.75) is 58.5 Å². The third-order valence-electron chi connectivity index (χ3n) is 6.23. The highest BCUT2D eigenvalue weighted by Gasteiger charge is 2.52. The van der Waals surface area contributed by atoms with E-state index in [9.17, 15) is 14.4 Å². The zero-order valence-electron chi connectivity index (χ0n) is 18.3. The minimum Gasteiger partial charge on any atom is -0.443 e. The van der Waals surface area contributed by atoms with Crippen molar-refractivity contribution < 1.29 is 28.6 Å². The number of fused-ring (bicyclic) bond motifs is 4. The van der Waals surface area contributed by atoms with Crippen LogP contribution in [0.1, 0.15) is 49.1 Å². The fourth-order valence-corrected chi connectivity index (χ4v) is 4.50. The second-order valence-electron chi connectivity index (χ2n) is 9.55. The molecule has 166 valence electrons. The zero-order valence-corrected chi connectivity index (χ0v) is 18.3. The van der Waals surface area contributed by atoms with Crippen LogP contribution in [0, 0.1) is 5.41 Å². The summed E-state index contributed by atoms with van der Waals surface area (Å²) in [6, 6.07) is 12.7. The Kier molecular flexibility index (Phi) is 4.82. The molecule has 7 heteroatoms. The first-order valence-electron chi connectivity index (χ1n) is 10.8. The van der Waals surface area contributed by atoms with Gasteiger partial charge in [0.2, 0.25) is 0 Å². The summed E-state index contributed by atoms with van der Waals surface area (Å²) in [7, 11) is 0. The van der Waals surface area contributed by atoms with Crippen molar-refractivity contribution in [1.29, 1.82) is 0 Å². The summed E-state index contributed by atoms with van der Waals surface area (Å²) >= 11 is 0. The van der Waals surface area contributed by atoms with Gasteiger partial charge in [-0.05, 0) is 55.2 Å². The van der Waals surface area contributed by atoms with Crippen LogP contribution in [-0.2, 0) is 38.5 Å². The Bertz CT molecular complexity index is 1120. The number of hydrogen-bond acceptors (Lipinski definition) is 6. The van der Waals surface area contributed by atoms with E-state index in [0.717, 1.165) is 22.3 Å². The molecule has 0 saturated carbocycles. The van der Waals surface area contributed by atoms with Gasteiger partial charge in [-0.2, -0.15) is 0 Å². The summed E-state index contributed by atoms with van der Waals surface area (Å²) in [6.07, 6.45) is -0.784. The van der Waals surface area contributed by atoms with Gasteiger partial charge in [0.05, 0.1) is 12.0 Å². The Balaban J connectivity index is 1.33. The van der Waals surface area contributed by atoms with Gasteiger partial charge in [0, 0.05) is 12.8 Å². The standard InChI is InChI=1S/C25H25NO6/c1-25(2,3)23(28)31-17-9-8-14-11-20(30-13-16(14)10-17)22(27)26-21-18-7-5-4-6-15(18)12-19(21)32-24(26)29/h4-10,19-21H,11-13H2,1-3H3/t19-,20+,21+/m0/s1. The average Bonchev–Trinajstić information content (AvgIpc) is 3.26. The van der Waals surface area contributed by atoms with Gasteiger partial charge in [-0.15, -0.1) is 0 Å². The summed E-state index contributed by atoms with van der Waals surface area (Å²) < 4.78 is 16.8. The molecule has 2 heterocycles. The normalized spacial score (nSPS) is 23.8. The number of rotatable bonds is 2. The van der Waals surface area contributed by atoms with Gasteiger partial charge in [-0.1, -0.05) is 30.3 Å². The van der Waals surface area contributed by atoms with Gasteiger partial charge in [0.15, 0.2) is 0 Å². The highest BCUT2D eigenvalue weighted by atomic mass is 16.6. The molecule has 2 aromatic carbocycles. The van der Waals surface area contributed by atoms with Crippen molar-refractivity contribution >= 4 is 18.0 Å². The highest BCUT2D eigenvalue weighted by Crippen LogP contribution is 2.43. The zero-order chi connectivity index (χ0) is 22.6. The Labute approximate surface area is 186 Å². The molecule has 7 nitrogen and oxygen atoms in total. The van der Waals surface area contributed by atoms with Gasteiger partial charge >= 0.3 is 12.1 Å². The van der Waals surface area contributed by atoms with Crippen LogP contribution in [-0.4, -0.2) is 35.1 Å². The Morgan fingerprint density at radius 1 is 1.03 bits per heavy atom. The summed E-state index contributed by atoms with van der Waals surface area (Å²) in [5.74, 6) is -0.250. The largest absolute Gasteiger partial charge is 0.443 e. The molecule has 1 aliphatic carbocycles. The van der Waals surface area contributed by atoms with Gasteiger partial charge in [0.25, 0.3) is 5.91 Å². The van der Waals surface area contributed by atoms with Crippen LogP contribution in [0.15, 0.2) is 42.5 Å². The van der Waals surface area contributed by atoms with Crippen LogP contribution in [0.4, 0.5) is 4.79 Å². The Morgan fingerprint density at radius 3 is 2.59 bits per heavy atom. The predicted molar refractivity (Wildman–Crippen MR) is 114 cm³/mol. The number of nitrogens with zero attached hydrogens (tertiary/aromatic N) is 1. The minimum absolute atomic E-state index is 0.195. The van der Waals surface area contributed by atoms with Crippen molar-refractivity contribution in [2.24, 2.45) is 5.41 Å². The molecule has 3 aliphatic rings. The molecule has 1 fully saturated rings. The smallest absolute Gasteiger partial charge is 0.417 e. The third kappa shape index (κ3) is 3.46. The van der Waals surface area contributed by atoms with E-state index >= 15 is 0 Å². The van der Waals surface area contributed by atoms with Crippen molar-refractivity contribution in [3.63, 3.8) is 0 Å². The van der Waals surface area contributed by atoms with Crippen LogP contribution in [0.2, 0.25) is 0 Å². The molecule has 5 rings (SSSR count). The van der Waals surface area contributed by atoms with Crippen molar-refractivity contribution in [1.82, 2.24) is 4.90 Å². The molecule has 0 bridgehead atoms. The van der Waals surface area contributed by atoms with Crippen molar-refractivity contribution in [3.05, 3.63) is 64.7 Å². The molecule has 0 N–H and O–H groups in total. The molecule has 3 atom stereocenters. The number of ether oxygens (including phenoxy) is 3. The topological polar surface area (TPSA) is 82.1 Å². The lowest BCUT2D eigenvalue weighted by molar-refractivity contribution is -0.143. The quantitative estimate of drug-likeness (QED) is 0.528. The summed E-state index contributed by atoms with van der Waals surface area (Å²) in [5.41, 5.74) is 3.24. The number of hydrogen-bond donors (Lipinski definition) is 0. The molecule has 0 radical (unpaired) electrons. The maximum absolute atomic E-state index is 13.3. The van der Waals surface area contributed by atoms with E-state index in [1.165, 1.54) is 4.90 Å². The van der Waals surface area contributed by atoms with Crippen molar-refractivity contribution in [3.8, 4) is 5.75 Å². The summed E-state index contributed by atoms with van der Waals surface area (Å²) in [6.45, 7) is 5.58. The predicted octanol–water partition coefficient (Wildman–Crippen LogP) is 3.72.